The molecule has 1 unspecified atom stereocenters. The van der Waals surface area contributed by atoms with E-state index in [4.69, 9.17) is 0 Å². The summed E-state index contributed by atoms with van der Waals surface area (Å²) in [5.74, 6) is -0.993. The molecule has 1 atom stereocenters. The predicted octanol–water partition coefficient (Wildman–Crippen LogP) is -1.37. The first-order valence-corrected chi connectivity index (χ1v) is 6.04. The van der Waals surface area contributed by atoms with E-state index < -0.39 is 5.97 Å². The molecule has 0 aromatic rings. The van der Waals surface area contributed by atoms with E-state index in [-0.39, 0.29) is 42.1 Å². The van der Waals surface area contributed by atoms with Crippen LogP contribution in [0.3, 0.4) is 0 Å². The molecule has 4 heteroatoms. The molecule has 0 radical (unpaired) electrons. The first-order chi connectivity index (χ1) is 7.16. The number of hydrogen-bond acceptors (Lipinski definition) is 3. The number of rotatable bonds is 10. The molecular weight excluding hydrogens is 215 g/mol. The van der Waals surface area contributed by atoms with Crippen LogP contribution in [0, 0.1) is 0 Å². The van der Waals surface area contributed by atoms with Gasteiger partial charge in [-0.15, -0.1) is 0 Å². The van der Waals surface area contributed by atoms with Gasteiger partial charge in [-0.2, -0.15) is 0 Å². The quantitative estimate of drug-likeness (QED) is 0.377. The third-order valence-corrected chi connectivity index (χ3v) is 2.56. The minimum Gasteiger partial charge on any atom is -0.550 e. The molecule has 90 valence electrons. The van der Waals surface area contributed by atoms with Gasteiger partial charge in [0.2, 0.25) is 0 Å². The minimum absolute atomic E-state index is 0. The average molecular weight is 238 g/mol. The maximum absolute atomic E-state index is 10.1. The smallest absolute Gasteiger partial charge is 0.550 e. The molecule has 0 saturated carbocycles. The third-order valence-electron chi connectivity index (χ3n) is 2.56. The Morgan fingerprint density at radius 3 is 2.19 bits per heavy atom. The number of carboxylic acid groups (broad SMARTS) is 1. The van der Waals surface area contributed by atoms with E-state index in [1.165, 1.54) is 19.3 Å². The molecule has 0 aromatic heterocycles. The molecule has 16 heavy (non-hydrogen) atoms. The van der Waals surface area contributed by atoms with Gasteiger partial charge in [0.1, 0.15) is 0 Å². The summed E-state index contributed by atoms with van der Waals surface area (Å²) in [5.41, 5.74) is 0. The fourth-order valence-electron chi connectivity index (χ4n) is 1.60. The summed E-state index contributed by atoms with van der Waals surface area (Å²) in [4.78, 5) is 10.1. The van der Waals surface area contributed by atoms with Gasteiger partial charge in [0.15, 0.2) is 0 Å². The number of aliphatic hydroxyl groups is 1. The Kier molecular flexibility index (Phi) is 15.8. The summed E-state index contributed by atoms with van der Waals surface area (Å²) in [6.45, 7) is 2.16. The Morgan fingerprint density at radius 1 is 1.12 bits per heavy atom. The van der Waals surface area contributed by atoms with E-state index in [1.54, 1.807) is 0 Å². The number of aliphatic hydroxyl groups excluding tert-OH is 1. The molecule has 0 aliphatic rings. The standard InChI is InChI=1S/C12H24O3.Na/c1-2-3-4-5-8-11(13)9-6-7-10-12(14)15;/h11,13H,2-10H2,1H3,(H,14,15);/q;+1/p-1. The first kappa shape index (κ1) is 18.8. The van der Waals surface area contributed by atoms with Crippen LogP contribution in [0.25, 0.3) is 0 Å². The van der Waals surface area contributed by atoms with Crippen molar-refractivity contribution in [1.82, 2.24) is 0 Å². The largest absolute Gasteiger partial charge is 1.00 e. The van der Waals surface area contributed by atoms with E-state index in [9.17, 15) is 15.0 Å². The summed E-state index contributed by atoms with van der Waals surface area (Å²) >= 11 is 0. The Bertz CT molecular complexity index is 162. The predicted molar refractivity (Wildman–Crippen MR) is 58.2 cm³/mol. The van der Waals surface area contributed by atoms with Crippen molar-refractivity contribution in [3.8, 4) is 0 Å². The van der Waals surface area contributed by atoms with Gasteiger partial charge in [0.05, 0.1) is 6.10 Å². The van der Waals surface area contributed by atoms with E-state index in [0.717, 1.165) is 25.7 Å². The average Bonchev–Trinajstić information content (AvgIpc) is 2.19. The molecule has 1 N–H and O–H groups in total. The van der Waals surface area contributed by atoms with Crippen molar-refractivity contribution < 1.29 is 44.6 Å². The van der Waals surface area contributed by atoms with E-state index in [2.05, 4.69) is 6.92 Å². The number of carboxylic acids is 1. The van der Waals surface area contributed by atoms with Crippen LogP contribution in [0.4, 0.5) is 0 Å². The van der Waals surface area contributed by atoms with E-state index in [0.29, 0.717) is 6.42 Å². The van der Waals surface area contributed by atoms with Crippen LogP contribution in [-0.4, -0.2) is 17.2 Å². The van der Waals surface area contributed by atoms with Gasteiger partial charge in [0.25, 0.3) is 0 Å². The Balaban J connectivity index is 0. The van der Waals surface area contributed by atoms with Gasteiger partial charge in [-0.3, -0.25) is 0 Å². The van der Waals surface area contributed by atoms with Crippen molar-refractivity contribution >= 4 is 5.97 Å². The third kappa shape index (κ3) is 14.4. The summed E-state index contributed by atoms with van der Waals surface area (Å²) in [5, 5.41) is 19.7. The van der Waals surface area contributed by atoms with E-state index >= 15 is 0 Å². The Hall–Kier alpha value is 0.430. The normalized spacial score (nSPS) is 11.9. The van der Waals surface area contributed by atoms with Crippen LogP contribution in [0.5, 0.6) is 0 Å². The van der Waals surface area contributed by atoms with Gasteiger partial charge in [-0.1, -0.05) is 39.0 Å². The second-order valence-corrected chi connectivity index (χ2v) is 4.12. The number of unbranched alkanes of at least 4 members (excludes halogenated alkanes) is 4. The number of carbonyl (C=O) groups excluding carboxylic acids is 1. The van der Waals surface area contributed by atoms with Crippen LogP contribution in [0.1, 0.15) is 64.7 Å². The van der Waals surface area contributed by atoms with Crippen LogP contribution in [-0.2, 0) is 4.79 Å². The summed E-state index contributed by atoms with van der Waals surface area (Å²) in [7, 11) is 0. The molecule has 0 aliphatic carbocycles. The van der Waals surface area contributed by atoms with Gasteiger partial charge in [0, 0.05) is 5.97 Å². The maximum Gasteiger partial charge on any atom is 1.00 e. The van der Waals surface area contributed by atoms with Gasteiger partial charge in [-0.05, 0) is 25.7 Å². The fraction of sp³-hybridized carbons (Fsp3) is 0.917. The second kappa shape index (κ2) is 13.5. The molecule has 0 amide bonds. The molecule has 0 bridgehead atoms. The molecule has 0 rings (SSSR count). The summed E-state index contributed by atoms with van der Waals surface area (Å²) in [6.07, 6.45) is 7.55. The van der Waals surface area contributed by atoms with Crippen LogP contribution in [0.2, 0.25) is 0 Å². The number of aliphatic carboxylic acids is 1. The number of carbonyl (C=O) groups is 1. The van der Waals surface area contributed by atoms with Crippen molar-refractivity contribution in [3.63, 3.8) is 0 Å². The zero-order valence-corrected chi connectivity index (χ0v) is 12.7. The van der Waals surface area contributed by atoms with Crippen LogP contribution < -0.4 is 34.7 Å². The SMILES string of the molecule is CCCCCCC(O)CCCCC(=O)[O-].[Na+]. The zero-order valence-electron chi connectivity index (χ0n) is 10.7. The molecule has 0 aliphatic heterocycles. The van der Waals surface area contributed by atoms with Crippen molar-refractivity contribution in [1.29, 1.82) is 0 Å². The van der Waals surface area contributed by atoms with Crippen molar-refractivity contribution in [2.24, 2.45) is 0 Å². The molecule has 0 heterocycles. The fourth-order valence-corrected chi connectivity index (χ4v) is 1.60. The second-order valence-electron chi connectivity index (χ2n) is 4.12. The zero-order chi connectivity index (χ0) is 11.5. The minimum atomic E-state index is -0.993. The van der Waals surface area contributed by atoms with Crippen molar-refractivity contribution in [2.45, 2.75) is 70.8 Å². The maximum atomic E-state index is 10.1. The molecule has 0 saturated heterocycles. The summed E-state index contributed by atoms with van der Waals surface area (Å²) in [6, 6.07) is 0. The van der Waals surface area contributed by atoms with Gasteiger partial charge < -0.3 is 15.0 Å². The van der Waals surface area contributed by atoms with E-state index in [1.807, 2.05) is 0 Å². The van der Waals surface area contributed by atoms with Crippen molar-refractivity contribution in [2.75, 3.05) is 0 Å². The topological polar surface area (TPSA) is 60.4 Å². The first-order valence-electron chi connectivity index (χ1n) is 6.04. The molecule has 3 nitrogen and oxygen atoms in total. The van der Waals surface area contributed by atoms with Gasteiger partial charge >= 0.3 is 29.6 Å². The Morgan fingerprint density at radius 2 is 1.69 bits per heavy atom. The van der Waals surface area contributed by atoms with Crippen molar-refractivity contribution in [3.05, 3.63) is 0 Å². The summed E-state index contributed by atoms with van der Waals surface area (Å²) < 4.78 is 0. The van der Waals surface area contributed by atoms with Crippen LogP contribution in [0.15, 0.2) is 0 Å². The Labute approximate surface area is 121 Å². The monoisotopic (exact) mass is 238 g/mol. The number of hydrogen-bond donors (Lipinski definition) is 1. The molecule has 0 aromatic carbocycles. The molecular formula is C12H23NaO3. The molecule has 0 spiro atoms. The van der Waals surface area contributed by atoms with Crippen LogP contribution >= 0.6 is 0 Å². The van der Waals surface area contributed by atoms with Gasteiger partial charge in [-0.25, -0.2) is 0 Å². The molecule has 0 fully saturated rings.